The Morgan fingerprint density at radius 3 is 2.66 bits per heavy atom. The van der Waals surface area contributed by atoms with Crippen LogP contribution in [0.5, 0.6) is 0 Å². The molecule has 1 heterocycles. The molecule has 7 heteroatoms. The summed E-state index contributed by atoms with van der Waals surface area (Å²) in [5.74, 6) is -0.0821. The Labute approximate surface area is 198 Å². The van der Waals surface area contributed by atoms with Gasteiger partial charge in [0.05, 0.1) is 5.92 Å². The van der Waals surface area contributed by atoms with Crippen molar-refractivity contribution < 1.29 is 14.3 Å². The number of amides is 1. The summed E-state index contributed by atoms with van der Waals surface area (Å²) in [6.07, 6.45) is 12.6. The maximum absolute atomic E-state index is 12.9. The van der Waals surface area contributed by atoms with E-state index in [1.54, 1.807) is 24.5 Å². The molecule has 0 saturated heterocycles. The summed E-state index contributed by atoms with van der Waals surface area (Å²) in [5, 5.41) is 4.95. The second kappa shape index (κ2) is 11.1. The molecule has 6 nitrogen and oxygen atoms in total. The number of hydrogen-bond acceptors (Lipinski definition) is 5. The van der Waals surface area contributed by atoms with Crippen LogP contribution in [-0.4, -0.2) is 23.4 Å². The van der Waals surface area contributed by atoms with Crippen molar-refractivity contribution >= 4 is 28.3 Å². The van der Waals surface area contributed by atoms with E-state index in [9.17, 15) is 9.59 Å². The van der Waals surface area contributed by atoms with E-state index < -0.39 is 5.92 Å². The zero-order valence-corrected chi connectivity index (χ0v) is 21.3. The Morgan fingerprint density at radius 2 is 1.89 bits per heavy atom. The van der Waals surface area contributed by atoms with E-state index in [2.05, 4.69) is 10.3 Å². The van der Waals surface area contributed by atoms with Crippen molar-refractivity contribution in [2.24, 2.45) is 5.73 Å². The van der Waals surface area contributed by atoms with Gasteiger partial charge in [-0.15, -0.1) is 12.2 Å². The largest absolute Gasteiger partial charge is 0.466 e. The molecule has 1 radical (unpaired) electrons. The van der Waals surface area contributed by atoms with Gasteiger partial charge in [-0.05, 0) is 40.3 Å². The number of pyridine rings is 1. The number of ether oxygens (including phenoxy) is 1. The number of nitrogens with zero attached hydrogens (tertiary/aromatic N) is 1. The third-order valence-electron chi connectivity index (χ3n) is 5.58. The number of esters is 1. The first-order valence-corrected chi connectivity index (χ1v) is 11.0. The van der Waals surface area contributed by atoms with Gasteiger partial charge < -0.3 is 15.8 Å². The molecule has 35 heavy (non-hydrogen) atoms. The molecule has 0 unspecified atom stereocenters. The van der Waals surface area contributed by atoms with Crippen molar-refractivity contribution in [3.05, 3.63) is 114 Å². The maximum atomic E-state index is 12.9. The van der Waals surface area contributed by atoms with E-state index in [1.165, 1.54) is 0 Å². The number of fused-ring (bicyclic) bond motifs is 1. The molecular formula is C28H26LrN3O3-. The summed E-state index contributed by atoms with van der Waals surface area (Å²) < 4.78 is 5.45. The second-order valence-electron chi connectivity index (χ2n) is 8.09. The predicted molar refractivity (Wildman–Crippen MR) is 134 cm³/mol. The molecule has 3 N–H and O–H groups in total. The van der Waals surface area contributed by atoms with Crippen LogP contribution in [0, 0.1) is 5.92 Å². The topological polar surface area (TPSA) is 94.3 Å². The predicted octanol–water partition coefficient (Wildman–Crippen LogP) is 4.61. The van der Waals surface area contributed by atoms with Crippen LogP contribution >= 0.6 is 0 Å². The fraction of sp³-hybridized carbons (Fsp3) is 0.143. The zero-order chi connectivity index (χ0) is 23.9. The van der Waals surface area contributed by atoms with Gasteiger partial charge in [0.25, 0.3) is 5.97 Å². The standard InChI is InChI=1S/C28H26N3O3.Lr/c1-19-4-2-3-5-23(14-19)28(33)34-18-20-6-8-21(9-7-20)26(16-29)27(32)31-25-11-10-24-17-30-13-12-22(24)15-25;/h2-15,17,26H,16,18,29H2,1H3,(H,31,32);/q-1;/t26-;/m0./s1. The van der Waals surface area contributed by atoms with E-state index in [4.69, 9.17) is 10.5 Å². The maximum Gasteiger partial charge on any atom is 0.282 e. The number of carbonyl (C=O) groups is 2. The monoisotopic (exact) mass is 714 g/mol. The summed E-state index contributed by atoms with van der Waals surface area (Å²) in [6, 6.07) is 15.0. The third kappa shape index (κ3) is 6.00. The number of aromatic nitrogens is 1. The Hall–Kier alpha value is -5.16. The quantitative estimate of drug-likeness (QED) is 0.276. The van der Waals surface area contributed by atoms with Crippen molar-refractivity contribution in [3.8, 4) is 0 Å². The van der Waals surface area contributed by atoms with Crippen molar-refractivity contribution in [3.63, 3.8) is 0 Å². The van der Waals surface area contributed by atoms with E-state index in [-0.39, 0.29) is 25.0 Å². The Balaban J connectivity index is 0.00000342. The van der Waals surface area contributed by atoms with Crippen LogP contribution in [-0.2, 0) is 20.9 Å². The second-order valence-corrected chi connectivity index (χ2v) is 8.09. The van der Waals surface area contributed by atoms with Crippen LogP contribution in [0.15, 0.2) is 96.9 Å². The van der Waals surface area contributed by atoms with Crippen LogP contribution in [0.25, 0.3) is 10.8 Å². The van der Waals surface area contributed by atoms with Gasteiger partial charge in [0.1, 0.15) is 6.61 Å². The number of carbonyl (C=O) groups excluding carboxylic acids is 2. The number of nitrogens with two attached hydrogens (primary N) is 1. The summed E-state index contributed by atoms with van der Waals surface area (Å²) >= 11 is 0. The van der Waals surface area contributed by atoms with Crippen LogP contribution in [0.4, 0.5) is 5.69 Å². The summed E-state index contributed by atoms with van der Waals surface area (Å²) in [5.41, 5.74) is 8.77. The minimum absolute atomic E-state index is 0. The van der Waals surface area contributed by atoms with E-state index in [1.807, 2.05) is 73.7 Å². The van der Waals surface area contributed by atoms with E-state index in [0.717, 1.165) is 27.8 Å². The molecule has 1 amide bonds. The summed E-state index contributed by atoms with van der Waals surface area (Å²) in [4.78, 5) is 29.4. The van der Waals surface area contributed by atoms with Crippen LogP contribution in [0.2, 0.25) is 0 Å². The minimum atomic E-state index is -0.503. The van der Waals surface area contributed by atoms with Gasteiger partial charge >= 0.3 is 0 Å². The molecule has 0 fully saturated rings. The fourth-order valence-electron chi connectivity index (χ4n) is 3.70. The summed E-state index contributed by atoms with van der Waals surface area (Å²) in [6.45, 7) is 2.24. The molecule has 0 saturated carbocycles. The van der Waals surface area contributed by atoms with Crippen molar-refractivity contribution in [2.75, 3.05) is 11.9 Å². The van der Waals surface area contributed by atoms with Crippen LogP contribution < -0.4 is 11.1 Å². The van der Waals surface area contributed by atoms with E-state index in [0.29, 0.717) is 11.3 Å². The number of benzene rings is 2. The van der Waals surface area contributed by atoms with Gasteiger partial charge in [0, 0.05) is 30.0 Å². The van der Waals surface area contributed by atoms with Gasteiger partial charge in [-0.3, -0.25) is 14.6 Å². The van der Waals surface area contributed by atoms with Gasteiger partial charge in [0.15, 0.2) is 0 Å². The van der Waals surface area contributed by atoms with Crippen molar-refractivity contribution in [2.45, 2.75) is 19.4 Å². The first kappa shape index (κ1) is 24.5. The average Bonchev–Trinajstić information content (AvgIpc) is 3.08. The summed E-state index contributed by atoms with van der Waals surface area (Å²) in [7, 11) is 0. The fourth-order valence-corrected chi connectivity index (χ4v) is 3.70. The van der Waals surface area contributed by atoms with Gasteiger partial charge in [0.2, 0.25) is 5.91 Å². The Kier molecular flexibility index (Phi) is 7.78. The normalized spacial score (nSPS) is 13.4. The van der Waals surface area contributed by atoms with Gasteiger partial charge in [-0.25, -0.2) is 0 Å². The molecule has 1 aliphatic carbocycles. The SMILES string of the molecule is C[C-]1C=CC=CC(C(=O)OCc2ccc([C@H](CN)C(=O)Nc3ccc4cnccc4c3)cc2)=C1.[Lr]. The molecular weight excluding hydrogens is 688 g/mol. The Morgan fingerprint density at radius 1 is 1.09 bits per heavy atom. The number of anilines is 1. The average molecular weight is 715 g/mol. The van der Waals surface area contributed by atoms with Crippen molar-refractivity contribution in [1.29, 1.82) is 0 Å². The van der Waals surface area contributed by atoms with Crippen LogP contribution in [0.1, 0.15) is 24.0 Å². The minimum Gasteiger partial charge on any atom is -0.466 e. The van der Waals surface area contributed by atoms with Gasteiger partial charge in [-0.2, -0.15) is 24.1 Å². The first-order valence-electron chi connectivity index (χ1n) is 11.0. The van der Waals surface area contributed by atoms with Gasteiger partial charge in [-0.1, -0.05) is 37.3 Å². The smallest absolute Gasteiger partial charge is 0.282 e. The van der Waals surface area contributed by atoms with Crippen molar-refractivity contribution in [1.82, 2.24) is 4.98 Å². The molecule has 0 bridgehead atoms. The molecule has 3 aromatic rings. The third-order valence-corrected chi connectivity index (χ3v) is 5.58. The molecule has 0 spiro atoms. The van der Waals surface area contributed by atoms with Crippen LogP contribution in [0.3, 0.4) is 0 Å². The molecule has 1 aromatic heterocycles. The first-order chi connectivity index (χ1) is 16.5. The molecule has 187 valence electrons. The number of nitrogens with one attached hydrogen (secondary N) is 1. The zero-order valence-electron chi connectivity index (χ0n) is 19.2. The molecule has 0 aliphatic heterocycles. The molecule has 1 aliphatic rings. The molecule has 1 atom stereocenters. The van der Waals surface area contributed by atoms with E-state index >= 15 is 0 Å². The number of hydrogen-bond donors (Lipinski definition) is 2. The number of rotatable bonds is 7. The molecule has 4 rings (SSSR count). The number of allylic oxidation sites excluding steroid dienone is 4. The molecule has 2 aromatic carbocycles. The Bertz CT molecular complexity index is 1280.